The topological polar surface area (TPSA) is 49.3 Å². The second-order valence-electron chi connectivity index (χ2n) is 4.79. The maximum atomic E-state index is 13.2. The van der Waals surface area contributed by atoms with E-state index in [1.165, 1.54) is 6.07 Å². The van der Waals surface area contributed by atoms with E-state index >= 15 is 0 Å². The smallest absolute Gasteiger partial charge is 0.261 e. The van der Waals surface area contributed by atoms with Crippen LogP contribution < -0.4 is 5.32 Å². The minimum atomic E-state index is -1.62. The number of aliphatic hydroxyl groups is 1. The largest absolute Gasteiger partial charge is 0.375 e. The number of halogens is 2. The van der Waals surface area contributed by atoms with Gasteiger partial charge in [0.15, 0.2) is 5.60 Å². The Kier molecular flexibility index (Phi) is 3.11. The van der Waals surface area contributed by atoms with E-state index in [-0.39, 0.29) is 12.2 Å². The van der Waals surface area contributed by atoms with Crippen LogP contribution in [-0.4, -0.2) is 11.0 Å². The summed E-state index contributed by atoms with van der Waals surface area (Å²) >= 11 is 3.10. The lowest BCUT2D eigenvalue weighted by atomic mass is 9.88. The highest BCUT2D eigenvalue weighted by Gasteiger charge is 2.44. The van der Waals surface area contributed by atoms with Crippen molar-refractivity contribution in [2.24, 2.45) is 0 Å². The van der Waals surface area contributed by atoms with E-state index in [1.807, 2.05) is 0 Å². The summed E-state index contributed by atoms with van der Waals surface area (Å²) < 4.78 is 13.5. The summed E-state index contributed by atoms with van der Waals surface area (Å²) in [6.07, 6.45) is 0.0920. The van der Waals surface area contributed by atoms with E-state index in [0.717, 1.165) is 0 Å². The van der Waals surface area contributed by atoms with Gasteiger partial charge in [0.2, 0.25) is 0 Å². The molecule has 0 saturated heterocycles. The molecule has 0 bridgehead atoms. The fourth-order valence-corrected chi connectivity index (χ4v) is 2.85. The van der Waals surface area contributed by atoms with E-state index < -0.39 is 11.5 Å². The first-order valence-electron chi connectivity index (χ1n) is 6.08. The van der Waals surface area contributed by atoms with Crippen molar-refractivity contribution < 1.29 is 14.3 Å². The van der Waals surface area contributed by atoms with E-state index in [2.05, 4.69) is 21.2 Å². The van der Waals surface area contributed by atoms with Crippen molar-refractivity contribution in [3.63, 3.8) is 0 Å². The third-order valence-corrected chi connectivity index (χ3v) is 4.05. The lowest BCUT2D eigenvalue weighted by Gasteiger charge is -2.21. The molecule has 0 fully saturated rings. The quantitative estimate of drug-likeness (QED) is 0.886. The van der Waals surface area contributed by atoms with Crippen LogP contribution in [0.3, 0.4) is 0 Å². The van der Waals surface area contributed by atoms with Crippen molar-refractivity contribution in [2.45, 2.75) is 12.0 Å². The summed E-state index contributed by atoms with van der Waals surface area (Å²) in [6, 6.07) is 11.5. The third kappa shape index (κ3) is 2.03. The fourth-order valence-electron chi connectivity index (χ4n) is 2.42. The Morgan fingerprint density at radius 2 is 2.00 bits per heavy atom. The van der Waals surface area contributed by atoms with Gasteiger partial charge >= 0.3 is 0 Å². The zero-order valence-electron chi connectivity index (χ0n) is 10.4. The number of para-hydroxylation sites is 1. The molecule has 102 valence electrons. The molecule has 3 rings (SSSR count). The van der Waals surface area contributed by atoms with Gasteiger partial charge in [0.1, 0.15) is 5.82 Å². The van der Waals surface area contributed by atoms with E-state index in [4.69, 9.17) is 0 Å². The first kappa shape index (κ1) is 13.3. The first-order chi connectivity index (χ1) is 9.50. The van der Waals surface area contributed by atoms with Crippen LogP contribution in [0.1, 0.15) is 11.1 Å². The van der Waals surface area contributed by atoms with Gasteiger partial charge in [-0.15, -0.1) is 0 Å². The minimum absolute atomic E-state index is 0.0920. The average Bonchev–Trinajstić information content (AvgIpc) is 2.67. The molecule has 2 N–H and O–H groups in total. The maximum absolute atomic E-state index is 13.2. The number of hydrogen-bond acceptors (Lipinski definition) is 2. The van der Waals surface area contributed by atoms with Crippen molar-refractivity contribution in [3.8, 4) is 0 Å². The molecule has 1 heterocycles. The molecule has 2 aromatic rings. The molecule has 3 nitrogen and oxygen atoms in total. The maximum Gasteiger partial charge on any atom is 0.261 e. The number of nitrogens with one attached hydrogen (secondary N) is 1. The highest BCUT2D eigenvalue weighted by Crippen LogP contribution is 2.38. The van der Waals surface area contributed by atoms with Crippen molar-refractivity contribution in [3.05, 3.63) is 63.9 Å². The van der Waals surface area contributed by atoms with Gasteiger partial charge in [-0.25, -0.2) is 4.39 Å². The Morgan fingerprint density at radius 1 is 1.25 bits per heavy atom. The standard InChI is InChI=1S/C15H11BrFNO2/c16-11-7-9(5-6-12(11)17)8-15(20)10-3-1-2-4-13(10)18-14(15)19/h1-7,20H,8H2,(H,18,19). The molecule has 1 aliphatic heterocycles. The molecule has 1 atom stereocenters. The molecule has 1 aliphatic rings. The number of anilines is 1. The minimum Gasteiger partial charge on any atom is -0.375 e. The van der Waals surface area contributed by atoms with Crippen molar-refractivity contribution in [2.75, 3.05) is 5.32 Å². The van der Waals surface area contributed by atoms with Gasteiger partial charge in [-0.05, 0) is 39.7 Å². The molecular weight excluding hydrogens is 325 g/mol. The lowest BCUT2D eigenvalue weighted by Crippen LogP contribution is -2.36. The zero-order chi connectivity index (χ0) is 14.3. The monoisotopic (exact) mass is 335 g/mol. The Balaban J connectivity index is 2.00. The summed E-state index contributed by atoms with van der Waals surface area (Å²) in [7, 11) is 0. The van der Waals surface area contributed by atoms with Crippen molar-refractivity contribution in [1.82, 2.24) is 0 Å². The van der Waals surface area contributed by atoms with Gasteiger partial charge in [-0.1, -0.05) is 24.3 Å². The number of rotatable bonds is 2. The predicted octanol–water partition coefficient (Wildman–Crippen LogP) is 2.97. The zero-order valence-corrected chi connectivity index (χ0v) is 11.9. The van der Waals surface area contributed by atoms with Crippen LogP contribution in [0.2, 0.25) is 0 Å². The molecule has 0 saturated carbocycles. The van der Waals surface area contributed by atoms with Gasteiger partial charge < -0.3 is 10.4 Å². The molecule has 1 amide bonds. The number of benzene rings is 2. The highest BCUT2D eigenvalue weighted by molar-refractivity contribution is 9.10. The number of amides is 1. The molecule has 2 aromatic carbocycles. The normalized spacial score (nSPS) is 20.6. The first-order valence-corrected chi connectivity index (χ1v) is 6.87. The van der Waals surface area contributed by atoms with Crippen LogP contribution in [0.15, 0.2) is 46.9 Å². The predicted molar refractivity (Wildman–Crippen MR) is 76.8 cm³/mol. The van der Waals surface area contributed by atoms with Crippen LogP contribution in [-0.2, 0) is 16.8 Å². The Labute approximate surface area is 123 Å². The van der Waals surface area contributed by atoms with E-state index in [0.29, 0.717) is 21.3 Å². The molecule has 1 unspecified atom stereocenters. The molecule has 0 spiro atoms. The number of hydrogen-bond donors (Lipinski definition) is 2. The number of carbonyl (C=O) groups is 1. The van der Waals surface area contributed by atoms with Crippen LogP contribution in [0.4, 0.5) is 10.1 Å². The van der Waals surface area contributed by atoms with Gasteiger partial charge in [0.05, 0.1) is 4.47 Å². The summed E-state index contributed by atoms with van der Waals surface area (Å²) in [4.78, 5) is 12.1. The van der Waals surface area contributed by atoms with Crippen LogP contribution in [0.5, 0.6) is 0 Å². The molecule has 0 aliphatic carbocycles. The molecule has 20 heavy (non-hydrogen) atoms. The van der Waals surface area contributed by atoms with Crippen LogP contribution >= 0.6 is 15.9 Å². The number of fused-ring (bicyclic) bond motifs is 1. The second-order valence-corrected chi connectivity index (χ2v) is 5.64. The molecule has 0 radical (unpaired) electrons. The fraction of sp³-hybridized carbons (Fsp3) is 0.133. The van der Waals surface area contributed by atoms with Gasteiger partial charge in [-0.2, -0.15) is 0 Å². The Bertz CT molecular complexity index is 704. The van der Waals surface area contributed by atoms with Gasteiger partial charge in [-0.3, -0.25) is 4.79 Å². The highest BCUT2D eigenvalue weighted by atomic mass is 79.9. The van der Waals surface area contributed by atoms with Gasteiger partial charge in [0.25, 0.3) is 5.91 Å². The Morgan fingerprint density at radius 3 is 2.75 bits per heavy atom. The summed E-state index contributed by atoms with van der Waals surface area (Å²) in [5, 5.41) is 13.4. The van der Waals surface area contributed by atoms with E-state index in [9.17, 15) is 14.3 Å². The van der Waals surface area contributed by atoms with Gasteiger partial charge in [0, 0.05) is 17.7 Å². The summed E-state index contributed by atoms with van der Waals surface area (Å²) in [5.41, 5.74) is 0.215. The third-order valence-electron chi connectivity index (χ3n) is 3.44. The molecular formula is C15H11BrFNO2. The molecule has 5 heteroatoms. The second kappa shape index (κ2) is 4.68. The lowest BCUT2D eigenvalue weighted by molar-refractivity contribution is -0.133. The van der Waals surface area contributed by atoms with Crippen LogP contribution in [0, 0.1) is 5.82 Å². The van der Waals surface area contributed by atoms with Crippen LogP contribution in [0.25, 0.3) is 0 Å². The van der Waals surface area contributed by atoms with Crippen molar-refractivity contribution in [1.29, 1.82) is 0 Å². The average molecular weight is 336 g/mol. The molecule has 0 aromatic heterocycles. The van der Waals surface area contributed by atoms with Crippen molar-refractivity contribution >= 4 is 27.5 Å². The SMILES string of the molecule is O=C1Nc2ccccc2C1(O)Cc1ccc(F)c(Br)c1. The summed E-state index contributed by atoms with van der Waals surface area (Å²) in [5.74, 6) is -0.837. The Hall–Kier alpha value is -1.72. The van der Waals surface area contributed by atoms with E-state index in [1.54, 1.807) is 36.4 Å². The number of carbonyl (C=O) groups excluding carboxylic acids is 1. The summed E-state index contributed by atoms with van der Waals surface area (Å²) in [6.45, 7) is 0.